The highest BCUT2D eigenvalue weighted by Crippen LogP contribution is 2.37. The number of nitro groups is 1. The summed E-state index contributed by atoms with van der Waals surface area (Å²) in [6.07, 6.45) is -1.43. The molecule has 2 saturated heterocycles. The van der Waals surface area contributed by atoms with Gasteiger partial charge in [-0.05, 0) is 18.3 Å². The van der Waals surface area contributed by atoms with Crippen LogP contribution < -0.4 is 0 Å². The zero-order chi connectivity index (χ0) is 20.8. The van der Waals surface area contributed by atoms with Gasteiger partial charge in [-0.25, -0.2) is 13.6 Å². The highest BCUT2D eigenvalue weighted by molar-refractivity contribution is 5.65. The van der Waals surface area contributed by atoms with Crippen molar-refractivity contribution < 1.29 is 23.6 Å². The van der Waals surface area contributed by atoms with E-state index in [1.165, 1.54) is 9.58 Å². The first-order valence-corrected chi connectivity index (χ1v) is 9.24. The molecule has 0 spiro atoms. The number of carbonyl (C=O) groups is 1. The number of halogens is 2. The van der Waals surface area contributed by atoms with Crippen LogP contribution in [-0.2, 0) is 0 Å². The number of carboxylic acid groups (broad SMARTS) is 1. The van der Waals surface area contributed by atoms with Crippen molar-refractivity contribution in [1.29, 1.82) is 0 Å². The number of amides is 1. The minimum atomic E-state index is -2.99. The van der Waals surface area contributed by atoms with Crippen LogP contribution in [-0.4, -0.2) is 67.4 Å². The van der Waals surface area contributed by atoms with E-state index >= 15 is 0 Å². The Morgan fingerprint density at radius 1 is 1.36 bits per heavy atom. The number of likely N-dealkylation sites (tertiary alicyclic amines) is 2. The summed E-state index contributed by atoms with van der Waals surface area (Å²) in [4.78, 5) is 25.3. The van der Waals surface area contributed by atoms with Crippen molar-refractivity contribution in [2.24, 2.45) is 5.41 Å². The quantitative estimate of drug-likeness (QED) is 0.614. The van der Waals surface area contributed by atoms with Crippen molar-refractivity contribution in [3.05, 3.63) is 22.0 Å². The molecule has 9 nitrogen and oxygen atoms in total. The van der Waals surface area contributed by atoms with Crippen LogP contribution in [0.25, 0.3) is 0 Å². The van der Waals surface area contributed by atoms with Crippen LogP contribution in [0.1, 0.15) is 51.8 Å². The maximum Gasteiger partial charge on any atom is 0.407 e. The molecule has 3 rings (SSSR count). The van der Waals surface area contributed by atoms with Gasteiger partial charge in [0.25, 0.3) is 6.43 Å². The zero-order valence-corrected chi connectivity index (χ0v) is 16.1. The topological polar surface area (TPSA) is 105 Å². The van der Waals surface area contributed by atoms with E-state index in [1.54, 1.807) is 0 Å². The third-order valence-electron chi connectivity index (χ3n) is 5.74. The van der Waals surface area contributed by atoms with Crippen LogP contribution in [0, 0.1) is 15.5 Å². The van der Waals surface area contributed by atoms with Gasteiger partial charge in [0.1, 0.15) is 6.20 Å². The van der Waals surface area contributed by atoms with Gasteiger partial charge in [0, 0.05) is 31.7 Å². The van der Waals surface area contributed by atoms with Crippen LogP contribution in [0.3, 0.4) is 0 Å². The minimum absolute atomic E-state index is 0.112. The number of nitrogens with zero attached hydrogens (tertiary/aromatic N) is 5. The van der Waals surface area contributed by atoms with Gasteiger partial charge in [0.2, 0.25) is 5.69 Å². The monoisotopic (exact) mass is 401 g/mol. The standard InChI is InChI=1S/C17H25F2N5O4/c1-17(2,3)13-6-10(4-5-22(13)16(25)26)21-7-11(8-21)23-9-12(24(27)28)14(20-23)15(18)19/h9-11,13,15H,4-8H2,1-3H3,(H,25,26). The van der Waals surface area contributed by atoms with Crippen molar-refractivity contribution in [1.82, 2.24) is 19.6 Å². The van der Waals surface area contributed by atoms with E-state index in [-0.39, 0.29) is 23.5 Å². The van der Waals surface area contributed by atoms with Crippen LogP contribution in [0.4, 0.5) is 19.3 Å². The number of hydrogen-bond acceptors (Lipinski definition) is 5. The third-order valence-corrected chi connectivity index (χ3v) is 5.74. The molecule has 0 radical (unpaired) electrons. The first-order valence-electron chi connectivity index (χ1n) is 9.24. The molecule has 1 N–H and O–H groups in total. The van der Waals surface area contributed by atoms with E-state index in [0.717, 1.165) is 6.20 Å². The number of hydrogen-bond donors (Lipinski definition) is 1. The molecule has 2 aliphatic rings. The smallest absolute Gasteiger partial charge is 0.407 e. The molecule has 2 fully saturated rings. The number of rotatable bonds is 4. The second kappa shape index (κ2) is 7.26. The lowest BCUT2D eigenvalue weighted by molar-refractivity contribution is -0.386. The molecule has 156 valence electrons. The summed E-state index contributed by atoms with van der Waals surface area (Å²) < 4.78 is 27.2. The lowest BCUT2D eigenvalue weighted by atomic mass is 9.78. The average molecular weight is 401 g/mol. The summed E-state index contributed by atoms with van der Waals surface area (Å²) in [6.45, 7) is 7.61. The fourth-order valence-corrected chi connectivity index (χ4v) is 4.16. The summed E-state index contributed by atoms with van der Waals surface area (Å²) in [5, 5.41) is 24.1. The maximum absolute atomic E-state index is 13.0. The van der Waals surface area contributed by atoms with Gasteiger partial charge >= 0.3 is 11.8 Å². The molecular formula is C17H25F2N5O4. The Morgan fingerprint density at radius 2 is 2.00 bits per heavy atom. The molecule has 3 heterocycles. The molecule has 0 aromatic carbocycles. The molecule has 0 aliphatic carbocycles. The average Bonchev–Trinajstić information content (AvgIpc) is 2.98. The van der Waals surface area contributed by atoms with E-state index in [1.807, 2.05) is 20.8 Å². The Kier molecular flexibility index (Phi) is 5.30. The molecule has 2 aliphatic heterocycles. The molecule has 1 amide bonds. The van der Waals surface area contributed by atoms with Gasteiger partial charge < -0.3 is 10.0 Å². The van der Waals surface area contributed by atoms with Crippen molar-refractivity contribution in [2.75, 3.05) is 19.6 Å². The highest BCUT2D eigenvalue weighted by atomic mass is 19.3. The zero-order valence-electron chi connectivity index (χ0n) is 16.1. The SMILES string of the molecule is CC(C)(C)C1CC(N2CC(n3cc([N+](=O)[O-])c(C(F)F)n3)C2)CCN1C(=O)O. The van der Waals surface area contributed by atoms with Gasteiger partial charge in [-0.2, -0.15) is 5.10 Å². The van der Waals surface area contributed by atoms with E-state index < -0.39 is 28.8 Å². The summed E-state index contributed by atoms with van der Waals surface area (Å²) in [7, 11) is 0. The third kappa shape index (κ3) is 3.80. The first kappa shape index (κ1) is 20.4. The second-order valence-electron chi connectivity index (χ2n) is 8.58. The van der Waals surface area contributed by atoms with E-state index in [0.29, 0.717) is 32.5 Å². The summed E-state index contributed by atoms with van der Waals surface area (Å²) in [6, 6.07) is -0.119. The van der Waals surface area contributed by atoms with Gasteiger partial charge in [-0.3, -0.25) is 19.7 Å². The van der Waals surface area contributed by atoms with E-state index in [9.17, 15) is 28.8 Å². The van der Waals surface area contributed by atoms with Gasteiger partial charge in [-0.15, -0.1) is 0 Å². The van der Waals surface area contributed by atoms with Crippen LogP contribution in [0.5, 0.6) is 0 Å². The Morgan fingerprint density at radius 3 is 2.46 bits per heavy atom. The fraction of sp³-hybridized carbons (Fsp3) is 0.765. The van der Waals surface area contributed by atoms with Gasteiger partial charge in [0.05, 0.1) is 11.0 Å². The van der Waals surface area contributed by atoms with Crippen LogP contribution in [0.15, 0.2) is 6.20 Å². The fourth-order valence-electron chi connectivity index (χ4n) is 4.16. The normalized spacial score (nSPS) is 24.4. The number of aromatic nitrogens is 2. The highest BCUT2D eigenvalue weighted by Gasteiger charge is 2.43. The van der Waals surface area contributed by atoms with E-state index in [2.05, 4.69) is 10.00 Å². The first-order chi connectivity index (χ1) is 13.0. The molecule has 1 aromatic heterocycles. The van der Waals surface area contributed by atoms with Crippen molar-refractivity contribution in [3.63, 3.8) is 0 Å². The lowest BCUT2D eigenvalue weighted by Crippen LogP contribution is -2.60. The largest absolute Gasteiger partial charge is 0.465 e. The van der Waals surface area contributed by atoms with Gasteiger partial charge in [0.15, 0.2) is 0 Å². The number of alkyl halides is 2. The summed E-state index contributed by atoms with van der Waals surface area (Å²) in [5.41, 5.74) is -1.65. The molecule has 28 heavy (non-hydrogen) atoms. The number of piperidine rings is 1. The summed E-state index contributed by atoms with van der Waals surface area (Å²) >= 11 is 0. The van der Waals surface area contributed by atoms with Crippen molar-refractivity contribution in [2.45, 2.75) is 58.2 Å². The molecule has 1 aromatic rings. The maximum atomic E-state index is 13.0. The Bertz CT molecular complexity index is 757. The van der Waals surface area contributed by atoms with Crippen LogP contribution >= 0.6 is 0 Å². The lowest BCUT2D eigenvalue weighted by Gasteiger charge is -2.51. The van der Waals surface area contributed by atoms with Crippen LogP contribution in [0.2, 0.25) is 0 Å². The molecule has 2 atom stereocenters. The van der Waals surface area contributed by atoms with Crippen molar-refractivity contribution in [3.8, 4) is 0 Å². The molecule has 0 saturated carbocycles. The Labute approximate surface area is 161 Å². The predicted octanol–water partition coefficient (Wildman–Crippen LogP) is 3.14. The van der Waals surface area contributed by atoms with Crippen molar-refractivity contribution >= 4 is 11.8 Å². The molecular weight excluding hydrogens is 376 g/mol. The second-order valence-corrected chi connectivity index (χ2v) is 8.58. The van der Waals surface area contributed by atoms with E-state index in [4.69, 9.17) is 0 Å². The Hall–Kier alpha value is -2.30. The molecule has 2 unspecified atom stereocenters. The summed E-state index contributed by atoms with van der Waals surface area (Å²) in [5.74, 6) is 0. The minimum Gasteiger partial charge on any atom is -0.465 e. The predicted molar refractivity (Wildman–Crippen MR) is 95.4 cm³/mol. The Balaban J connectivity index is 1.66. The van der Waals surface area contributed by atoms with Gasteiger partial charge in [-0.1, -0.05) is 20.8 Å². The molecule has 11 heteroatoms. The molecule has 0 bridgehead atoms.